The van der Waals surface area contributed by atoms with E-state index < -0.39 is 0 Å². The molecular weight excluding hydrogens is 312 g/mol. The van der Waals surface area contributed by atoms with Crippen LogP contribution in [0.25, 0.3) is 10.9 Å². The Hall–Kier alpha value is -1.85. The van der Waals surface area contributed by atoms with Gasteiger partial charge in [-0.1, -0.05) is 13.0 Å². The Morgan fingerprint density at radius 2 is 2.20 bits per heavy atom. The van der Waals surface area contributed by atoms with Gasteiger partial charge in [-0.3, -0.25) is 9.69 Å². The van der Waals surface area contributed by atoms with Crippen molar-refractivity contribution in [1.82, 2.24) is 20.1 Å². The average molecular weight is 342 g/mol. The van der Waals surface area contributed by atoms with E-state index in [0.717, 1.165) is 31.5 Å². The van der Waals surface area contributed by atoms with Gasteiger partial charge in [0.25, 0.3) is 0 Å². The molecule has 1 atom stereocenters. The van der Waals surface area contributed by atoms with Gasteiger partial charge in [-0.25, -0.2) is 0 Å². The number of carbonyl (C=O) groups is 1. The standard InChI is InChI=1S/C20H30N4O/c1-5-18-14(2)17-10-15(6-7-19(17)22-18)11-21-20(25)13-24-9-8-16(12-24)23(3)4/h6-7,10,16,22H,5,8-9,11-13H2,1-4H3,(H,21,25)/t16-/m1/s1. The van der Waals surface area contributed by atoms with Gasteiger partial charge in [0.05, 0.1) is 6.54 Å². The van der Waals surface area contributed by atoms with Crippen LogP contribution < -0.4 is 5.32 Å². The molecule has 25 heavy (non-hydrogen) atoms. The number of rotatable bonds is 6. The minimum absolute atomic E-state index is 0.111. The molecule has 2 N–H and O–H groups in total. The highest BCUT2D eigenvalue weighted by Crippen LogP contribution is 2.23. The SMILES string of the molecule is CCc1[nH]c2ccc(CNC(=O)CN3CC[C@@H](N(C)C)C3)cc2c1C. The van der Waals surface area contributed by atoms with Crippen LogP contribution in [-0.4, -0.2) is 60.5 Å². The molecule has 0 spiro atoms. The van der Waals surface area contributed by atoms with E-state index in [-0.39, 0.29) is 5.91 Å². The van der Waals surface area contributed by atoms with Crippen LogP contribution in [0.5, 0.6) is 0 Å². The number of hydrogen-bond acceptors (Lipinski definition) is 3. The fourth-order valence-electron chi connectivity index (χ4n) is 3.73. The highest BCUT2D eigenvalue weighted by atomic mass is 16.2. The molecule has 1 amide bonds. The molecule has 1 aromatic carbocycles. The van der Waals surface area contributed by atoms with E-state index in [9.17, 15) is 4.79 Å². The first-order valence-corrected chi connectivity index (χ1v) is 9.23. The molecule has 1 fully saturated rings. The second-order valence-electron chi connectivity index (χ2n) is 7.38. The first kappa shape index (κ1) is 18.0. The smallest absolute Gasteiger partial charge is 0.234 e. The molecule has 2 heterocycles. The van der Waals surface area contributed by atoms with E-state index in [1.807, 2.05) is 0 Å². The van der Waals surface area contributed by atoms with Crippen LogP contribution in [0, 0.1) is 6.92 Å². The molecule has 3 rings (SSSR count). The molecule has 1 aliphatic heterocycles. The molecule has 0 radical (unpaired) electrons. The molecule has 2 aromatic rings. The van der Waals surface area contributed by atoms with Crippen molar-refractivity contribution in [3.05, 3.63) is 35.0 Å². The summed E-state index contributed by atoms with van der Waals surface area (Å²) in [6, 6.07) is 6.97. The Morgan fingerprint density at radius 1 is 1.40 bits per heavy atom. The maximum atomic E-state index is 12.3. The van der Waals surface area contributed by atoms with Gasteiger partial charge in [-0.2, -0.15) is 0 Å². The summed E-state index contributed by atoms with van der Waals surface area (Å²) in [7, 11) is 4.22. The van der Waals surface area contributed by atoms with Gasteiger partial charge < -0.3 is 15.2 Å². The number of carbonyl (C=O) groups excluding carboxylic acids is 1. The van der Waals surface area contributed by atoms with Gasteiger partial charge >= 0.3 is 0 Å². The second kappa shape index (κ2) is 7.58. The zero-order chi connectivity index (χ0) is 18.0. The van der Waals surface area contributed by atoms with Crippen molar-refractivity contribution in [3.63, 3.8) is 0 Å². The molecule has 5 nitrogen and oxygen atoms in total. The summed E-state index contributed by atoms with van der Waals surface area (Å²) in [5.74, 6) is 0.111. The monoisotopic (exact) mass is 342 g/mol. The largest absolute Gasteiger partial charge is 0.358 e. The molecular formula is C20H30N4O. The summed E-state index contributed by atoms with van der Waals surface area (Å²) >= 11 is 0. The third-order valence-electron chi connectivity index (χ3n) is 5.41. The molecule has 136 valence electrons. The van der Waals surface area contributed by atoms with Gasteiger partial charge in [0.2, 0.25) is 5.91 Å². The van der Waals surface area contributed by atoms with E-state index in [1.165, 1.54) is 22.2 Å². The second-order valence-corrected chi connectivity index (χ2v) is 7.38. The lowest BCUT2D eigenvalue weighted by Crippen LogP contribution is -2.38. The normalized spacial score (nSPS) is 18.4. The molecule has 0 unspecified atom stereocenters. The number of aryl methyl sites for hydroxylation is 2. The Labute approximate surface area is 150 Å². The van der Waals surface area contributed by atoms with Crippen LogP contribution in [-0.2, 0) is 17.8 Å². The van der Waals surface area contributed by atoms with E-state index in [0.29, 0.717) is 19.1 Å². The van der Waals surface area contributed by atoms with Gasteiger partial charge in [-0.15, -0.1) is 0 Å². The Morgan fingerprint density at radius 3 is 2.88 bits per heavy atom. The molecule has 5 heteroatoms. The van der Waals surface area contributed by atoms with Gasteiger partial charge in [0, 0.05) is 42.3 Å². The highest BCUT2D eigenvalue weighted by molar-refractivity contribution is 5.85. The number of aromatic nitrogens is 1. The summed E-state index contributed by atoms with van der Waals surface area (Å²) in [4.78, 5) is 20.2. The fraction of sp³-hybridized carbons (Fsp3) is 0.550. The van der Waals surface area contributed by atoms with E-state index in [1.54, 1.807) is 0 Å². The number of hydrogen-bond donors (Lipinski definition) is 2. The maximum Gasteiger partial charge on any atom is 0.234 e. The number of nitrogens with zero attached hydrogens (tertiary/aromatic N) is 2. The molecule has 1 aliphatic rings. The third-order valence-corrected chi connectivity index (χ3v) is 5.41. The summed E-state index contributed by atoms with van der Waals surface area (Å²) in [5, 5.41) is 4.33. The van der Waals surface area contributed by atoms with Crippen molar-refractivity contribution in [3.8, 4) is 0 Å². The zero-order valence-corrected chi connectivity index (χ0v) is 15.9. The first-order valence-electron chi connectivity index (χ1n) is 9.23. The Balaban J connectivity index is 1.55. The third kappa shape index (κ3) is 4.05. The van der Waals surface area contributed by atoms with E-state index in [4.69, 9.17) is 0 Å². The van der Waals surface area contributed by atoms with Gasteiger partial charge in [-0.05, 0) is 57.1 Å². The lowest BCUT2D eigenvalue weighted by Gasteiger charge is -2.20. The summed E-state index contributed by atoms with van der Waals surface area (Å²) in [5.41, 5.74) is 4.94. The van der Waals surface area contributed by atoms with Crippen LogP contribution in [0.1, 0.15) is 30.2 Å². The fourth-order valence-corrected chi connectivity index (χ4v) is 3.73. The van der Waals surface area contributed by atoms with Crippen molar-refractivity contribution in [2.45, 2.75) is 39.3 Å². The van der Waals surface area contributed by atoms with Crippen LogP contribution >= 0.6 is 0 Å². The van der Waals surface area contributed by atoms with Crippen LogP contribution in [0.2, 0.25) is 0 Å². The van der Waals surface area contributed by atoms with E-state index in [2.05, 4.69) is 66.2 Å². The van der Waals surface area contributed by atoms with Crippen molar-refractivity contribution in [1.29, 1.82) is 0 Å². The number of aromatic amines is 1. The summed E-state index contributed by atoms with van der Waals surface area (Å²) < 4.78 is 0. The number of H-pyrrole nitrogens is 1. The highest BCUT2D eigenvalue weighted by Gasteiger charge is 2.25. The number of nitrogens with one attached hydrogen (secondary N) is 2. The van der Waals surface area contributed by atoms with Crippen LogP contribution in [0.4, 0.5) is 0 Å². The molecule has 1 saturated heterocycles. The van der Waals surface area contributed by atoms with Crippen molar-refractivity contribution < 1.29 is 4.79 Å². The summed E-state index contributed by atoms with van der Waals surface area (Å²) in [6.07, 6.45) is 2.15. The van der Waals surface area contributed by atoms with Crippen molar-refractivity contribution in [2.75, 3.05) is 33.7 Å². The number of benzene rings is 1. The zero-order valence-electron chi connectivity index (χ0n) is 15.9. The molecule has 0 bridgehead atoms. The van der Waals surface area contributed by atoms with Gasteiger partial charge in [0.15, 0.2) is 0 Å². The number of fused-ring (bicyclic) bond motifs is 1. The summed E-state index contributed by atoms with van der Waals surface area (Å²) in [6.45, 7) is 7.40. The van der Waals surface area contributed by atoms with Crippen LogP contribution in [0.15, 0.2) is 18.2 Å². The lowest BCUT2D eigenvalue weighted by atomic mass is 10.1. The van der Waals surface area contributed by atoms with Crippen LogP contribution in [0.3, 0.4) is 0 Å². The minimum atomic E-state index is 0.111. The Bertz CT molecular complexity index is 749. The Kier molecular flexibility index (Phi) is 5.45. The lowest BCUT2D eigenvalue weighted by molar-refractivity contribution is -0.122. The molecule has 0 aliphatic carbocycles. The number of likely N-dealkylation sites (tertiary alicyclic amines) is 1. The van der Waals surface area contributed by atoms with E-state index >= 15 is 0 Å². The molecule has 0 saturated carbocycles. The first-order chi connectivity index (χ1) is 12.0. The number of amides is 1. The minimum Gasteiger partial charge on any atom is -0.358 e. The average Bonchev–Trinajstić information content (AvgIpc) is 3.18. The topological polar surface area (TPSA) is 51.4 Å². The predicted molar refractivity (Wildman–Crippen MR) is 103 cm³/mol. The molecule has 1 aromatic heterocycles. The van der Waals surface area contributed by atoms with Crippen molar-refractivity contribution in [2.24, 2.45) is 0 Å². The van der Waals surface area contributed by atoms with Gasteiger partial charge in [0.1, 0.15) is 0 Å². The quantitative estimate of drug-likeness (QED) is 0.847. The predicted octanol–water partition coefficient (Wildman–Crippen LogP) is 2.29. The van der Waals surface area contributed by atoms with Crippen molar-refractivity contribution >= 4 is 16.8 Å². The maximum absolute atomic E-state index is 12.3. The number of likely N-dealkylation sites (N-methyl/N-ethyl adjacent to an activating group) is 1.